The molecule has 29 heavy (non-hydrogen) atoms. The van der Waals surface area contributed by atoms with Crippen molar-refractivity contribution in [1.29, 1.82) is 0 Å². The van der Waals surface area contributed by atoms with Gasteiger partial charge in [-0.15, -0.1) is 0 Å². The first kappa shape index (κ1) is 20.7. The summed E-state index contributed by atoms with van der Waals surface area (Å²) < 4.78 is 5.75. The van der Waals surface area contributed by atoms with E-state index in [1.807, 2.05) is 36.1 Å². The Morgan fingerprint density at radius 2 is 1.90 bits per heavy atom. The van der Waals surface area contributed by atoms with E-state index in [1.165, 1.54) is 12.1 Å². The van der Waals surface area contributed by atoms with Crippen LogP contribution in [-0.2, 0) is 4.79 Å². The number of para-hydroxylation sites is 1. The molecule has 2 amide bonds. The Morgan fingerprint density at radius 3 is 2.62 bits per heavy atom. The van der Waals surface area contributed by atoms with E-state index in [0.717, 1.165) is 24.2 Å². The number of benzene rings is 2. The van der Waals surface area contributed by atoms with Gasteiger partial charge in [-0.3, -0.25) is 9.59 Å². The monoisotopic (exact) mass is 396 g/mol. The van der Waals surface area contributed by atoms with E-state index in [2.05, 4.69) is 5.32 Å². The molecule has 1 saturated heterocycles. The number of aromatic hydroxyl groups is 1. The van der Waals surface area contributed by atoms with Gasteiger partial charge >= 0.3 is 0 Å². The third-order valence-electron chi connectivity index (χ3n) is 5.18. The predicted octanol–water partition coefficient (Wildman–Crippen LogP) is 3.28. The zero-order valence-corrected chi connectivity index (χ0v) is 16.8. The molecule has 2 N–H and O–H groups in total. The molecule has 1 aliphatic heterocycles. The van der Waals surface area contributed by atoms with Crippen LogP contribution in [0.1, 0.15) is 41.6 Å². The summed E-state index contributed by atoms with van der Waals surface area (Å²) in [7, 11) is 0. The number of likely N-dealkylation sites (tertiary alicyclic amines) is 1. The minimum absolute atomic E-state index is 0.0401. The fourth-order valence-electron chi connectivity index (χ4n) is 3.47. The largest absolute Gasteiger partial charge is 0.508 e. The second-order valence-electron chi connectivity index (χ2n) is 7.40. The molecule has 0 bridgehead atoms. The molecule has 1 fully saturated rings. The second kappa shape index (κ2) is 9.96. The summed E-state index contributed by atoms with van der Waals surface area (Å²) in [5.74, 6) is 0.878. The van der Waals surface area contributed by atoms with Crippen LogP contribution in [-0.4, -0.2) is 47.6 Å². The molecule has 0 atom stereocenters. The third kappa shape index (κ3) is 5.98. The zero-order chi connectivity index (χ0) is 20.6. The van der Waals surface area contributed by atoms with Crippen molar-refractivity contribution in [1.82, 2.24) is 10.2 Å². The number of aryl methyl sites for hydroxylation is 1. The number of rotatable bonds is 7. The maximum Gasteiger partial charge on any atom is 0.251 e. The molecular weight excluding hydrogens is 368 g/mol. The van der Waals surface area contributed by atoms with Gasteiger partial charge in [0.1, 0.15) is 11.5 Å². The Labute approximate surface area is 171 Å². The lowest BCUT2D eigenvalue weighted by atomic mass is 10.0. The SMILES string of the molecule is Cc1ccccc1OCCCC(=O)N1CCC(NC(=O)c2cccc(O)c2)CC1. The summed E-state index contributed by atoms with van der Waals surface area (Å²) in [6, 6.07) is 14.2. The Kier molecular flexibility index (Phi) is 7.11. The third-order valence-corrected chi connectivity index (χ3v) is 5.18. The van der Waals surface area contributed by atoms with Crippen molar-refractivity contribution in [2.45, 2.75) is 38.6 Å². The van der Waals surface area contributed by atoms with Crippen molar-refractivity contribution in [2.24, 2.45) is 0 Å². The molecule has 154 valence electrons. The highest BCUT2D eigenvalue weighted by Gasteiger charge is 2.24. The van der Waals surface area contributed by atoms with E-state index < -0.39 is 0 Å². The number of nitrogens with zero attached hydrogens (tertiary/aromatic N) is 1. The van der Waals surface area contributed by atoms with Crippen LogP contribution in [0.25, 0.3) is 0 Å². The summed E-state index contributed by atoms with van der Waals surface area (Å²) in [5.41, 5.74) is 1.53. The molecule has 0 radical (unpaired) electrons. The summed E-state index contributed by atoms with van der Waals surface area (Å²) in [6.07, 6.45) is 2.61. The van der Waals surface area contributed by atoms with Gasteiger partial charge in [-0.1, -0.05) is 24.3 Å². The normalized spacial score (nSPS) is 14.4. The minimum Gasteiger partial charge on any atom is -0.508 e. The van der Waals surface area contributed by atoms with E-state index in [1.54, 1.807) is 12.1 Å². The number of phenolic OH excluding ortho intramolecular Hbond substituents is 1. The van der Waals surface area contributed by atoms with Crippen LogP contribution in [0, 0.1) is 6.92 Å². The number of nitrogens with one attached hydrogen (secondary N) is 1. The van der Waals surface area contributed by atoms with Crippen LogP contribution >= 0.6 is 0 Å². The van der Waals surface area contributed by atoms with Gasteiger partial charge in [0.15, 0.2) is 0 Å². The molecule has 6 nitrogen and oxygen atoms in total. The van der Waals surface area contributed by atoms with Crippen LogP contribution in [0.3, 0.4) is 0 Å². The molecule has 0 saturated carbocycles. The number of amides is 2. The molecule has 3 rings (SSSR count). The van der Waals surface area contributed by atoms with Gasteiger partial charge in [-0.2, -0.15) is 0 Å². The summed E-state index contributed by atoms with van der Waals surface area (Å²) in [6.45, 7) is 3.81. The molecule has 6 heteroatoms. The van der Waals surface area contributed by atoms with Crippen molar-refractivity contribution in [3.05, 3.63) is 59.7 Å². The molecule has 0 aliphatic carbocycles. The maximum absolute atomic E-state index is 12.4. The lowest BCUT2D eigenvalue weighted by molar-refractivity contribution is -0.132. The van der Waals surface area contributed by atoms with Crippen molar-refractivity contribution < 1.29 is 19.4 Å². The fraction of sp³-hybridized carbons (Fsp3) is 0.391. The summed E-state index contributed by atoms with van der Waals surface area (Å²) in [5, 5.41) is 12.5. The predicted molar refractivity (Wildman–Crippen MR) is 111 cm³/mol. The summed E-state index contributed by atoms with van der Waals surface area (Å²) in [4.78, 5) is 26.6. The second-order valence-corrected chi connectivity index (χ2v) is 7.40. The van der Waals surface area contributed by atoms with Crippen LogP contribution in [0.5, 0.6) is 11.5 Å². The van der Waals surface area contributed by atoms with Gasteiger partial charge < -0.3 is 20.1 Å². The first-order chi connectivity index (χ1) is 14.0. The highest BCUT2D eigenvalue weighted by molar-refractivity contribution is 5.94. The number of hydrogen-bond donors (Lipinski definition) is 2. The van der Waals surface area contributed by atoms with Gasteiger partial charge in [-0.25, -0.2) is 0 Å². The van der Waals surface area contributed by atoms with Crippen molar-refractivity contribution >= 4 is 11.8 Å². The van der Waals surface area contributed by atoms with E-state index in [0.29, 0.717) is 38.1 Å². The molecule has 2 aromatic carbocycles. The van der Waals surface area contributed by atoms with Gasteiger partial charge in [0, 0.05) is 31.1 Å². The maximum atomic E-state index is 12.4. The van der Waals surface area contributed by atoms with E-state index in [9.17, 15) is 14.7 Å². The van der Waals surface area contributed by atoms with Gasteiger partial charge in [0.2, 0.25) is 5.91 Å². The number of phenols is 1. The Balaban J connectivity index is 1.36. The van der Waals surface area contributed by atoms with E-state index in [-0.39, 0.29) is 23.6 Å². The summed E-state index contributed by atoms with van der Waals surface area (Å²) >= 11 is 0. The van der Waals surface area contributed by atoms with Gasteiger partial charge in [0.05, 0.1) is 6.61 Å². The number of piperidine rings is 1. The average molecular weight is 396 g/mol. The van der Waals surface area contributed by atoms with Gasteiger partial charge in [0.25, 0.3) is 5.91 Å². The molecule has 2 aromatic rings. The molecule has 0 unspecified atom stereocenters. The van der Waals surface area contributed by atoms with Crippen molar-refractivity contribution in [3.63, 3.8) is 0 Å². The number of hydrogen-bond acceptors (Lipinski definition) is 4. The molecule has 0 aromatic heterocycles. The molecule has 0 spiro atoms. The van der Waals surface area contributed by atoms with Crippen LogP contribution in [0.15, 0.2) is 48.5 Å². The minimum atomic E-state index is -0.195. The average Bonchev–Trinajstić information content (AvgIpc) is 2.73. The van der Waals surface area contributed by atoms with Crippen LogP contribution in [0.4, 0.5) is 0 Å². The Bertz CT molecular complexity index is 844. The zero-order valence-electron chi connectivity index (χ0n) is 16.8. The number of carbonyl (C=O) groups is 2. The highest BCUT2D eigenvalue weighted by Crippen LogP contribution is 2.17. The van der Waals surface area contributed by atoms with Gasteiger partial charge in [-0.05, 0) is 56.0 Å². The van der Waals surface area contributed by atoms with E-state index in [4.69, 9.17) is 4.74 Å². The van der Waals surface area contributed by atoms with E-state index >= 15 is 0 Å². The van der Waals surface area contributed by atoms with Crippen molar-refractivity contribution in [2.75, 3.05) is 19.7 Å². The smallest absolute Gasteiger partial charge is 0.251 e. The first-order valence-corrected chi connectivity index (χ1v) is 10.1. The lowest BCUT2D eigenvalue weighted by Crippen LogP contribution is -2.46. The standard InChI is InChI=1S/C23H28N2O4/c1-17-6-2-3-9-21(17)29-15-5-10-22(27)25-13-11-19(12-14-25)24-23(28)18-7-4-8-20(26)16-18/h2-4,6-9,16,19,26H,5,10-15H2,1H3,(H,24,28). The number of carbonyl (C=O) groups excluding carboxylic acids is 2. The topological polar surface area (TPSA) is 78.9 Å². The van der Waals surface area contributed by atoms with Crippen molar-refractivity contribution in [3.8, 4) is 11.5 Å². The first-order valence-electron chi connectivity index (χ1n) is 10.1. The quantitative estimate of drug-likeness (QED) is 0.704. The highest BCUT2D eigenvalue weighted by atomic mass is 16.5. The molecule has 1 heterocycles. The number of ether oxygens (including phenoxy) is 1. The Morgan fingerprint density at radius 1 is 1.14 bits per heavy atom. The lowest BCUT2D eigenvalue weighted by Gasteiger charge is -2.32. The van der Waals surface area contributed by atoms with Crippen LogP contribution < -0.4 is 10.1 Å². The molecular formula is C23H28N2O4. The van der Waals surface area contributed by atoms with Crippen LogP contribution in [0.2, 0.25) is 0 Å². The Hall–Kier alpha value is -3.02. The molecule has 1 aliphatic rings. The fourth-order valence-corrected chi connectivity index (χ4v) is 3.47.